The molecule has 2 aromatic rings. The predicted molar refractivity (Wildman–Crippen MR) is 84.0 cm³/mol. The average molecular weight is 321 g/mol. The van der Waals surface area contributed by atoms with E-state index in [1.54, 1.807) is 18.3 Å². The normalized spacial score (nSPS) is 20.4. The summed E-state index contributed by atoms with van der Waals surface area (Å²) >= 11 is 0. The SMILES string of the molecule is Cc1cnc2c(S(=O)(=O)N3CCOC(CN)C3)cccc2c1. The van der Waals surface area contributed by atoms with Crippen molar-refractivity contribution in [3.8, 4) is 0 Å². The monoisotopic (exact) mass is 321 g/mol. The highest BCUT2D eigenvalue weighted by Crippen LogP contribution is 2.25. The van der Waals surface area contributed by atoms with Gasteiger partial charge in [0, 0.05) is 31.2 Å². The van der Waals surface area contributed by atoms with Crippen molar-refractivity contribution in [3.05, 3.63) is 36.0 Å². The molecule has 0 aliphatic carbocycles. The second-order valence-corrected chi connectivity index (χ2v) is 7.34. The van der Waals surface area contributed by atoms with Gasteiger partial charge in [-0.2, -0.15) is 4.31 Å². The van der Waals surface area contributed by atoms with E-state index in [0.717, 1.165) is 10.9 Å². The van der Waals surface area contributed by atoms with Crippen LogP contribution in [-0.2, 0) is 14.8 Å². The number of pyridine rings is 1. The zero-order valence-corrected chi connectivity index (χ0v) is 13.2. The smallest absolute Gasteiger partial charge is 0.245 e. The number of ether oxygens (including phenoxy) is 1. The molecule has 1 saturated heterocycles. The molecular weight excluding hydrogens is 302 g/mol. The molecule has 1 aromatic carbocycles. The van der Waals surface area contributed by atoms with Gasteiger partial charge >= 0.3 is 0 Å². The molecule has 0 spiro atoms. The van der Waals surface area contributed by atoms with Crippen molar-refractivity contribution >= 4 is 20.9 Å². The first-order valence-electron chi connectivity index (χ1n) is 7.19. The van der Waals surface area contributed by atoms with Crippen molar-refractivity contribution < 1.29 is 13.2 Å². The molecule has 0 saturated carbocycles. The van der Waals surface area contributed by atoms with Gasteiger partial charge in [0.05, 0.1) is 18.2 Å². The maximum atomic E-state index is 12.9. The van der Waals surface area contributed by atoms with Crippen LogP contribution in [0.25, 0.3) is 10.9 Å². The highest BCUT2D eigenvalue weighted by Gasteiger charge is 2.31. The third-order valence-electron chi connectivity index (χ3n) is 3.79. The van der Waals surface area contributed by atoms with E-state index < -0.39 is 10.0 Å². The largest absolute Gasteiger partial charge is 0.374 e. The summed E-state index contributed by atoms with van der Waals surface area (Å²) in [6, 6.07) is 7.16. The van der Waals surface area contributed by atoms with Gasteiger partial charge in [-0.25, -0.2) is 8.42 Å². The molecule has 2 heterocycles. The summed E-state index contributed by atoms with van der Waals surface area (Å²) in [6.45, 7) is 3.21. The number of hydrogen-bond acceptors (Lipinski definition) is 5. The molecule has 0 bridgehead atoms. The van der Waals surface area contributed by atoms with Gasteiger partial charge in [-0.3, -0.25) is 4.98 Å². The molecule has 1 aliphatic heterocycles. The van der Waals surface area contributed by atoms with Gasteiger partial charge in [-0.05, 0) is 24.6 Å². The summed E-state index contributed by atoms with van der Waals surface area (Å²) in [7, 11) is -3.61. The average Bonchev–Trinajstić information content (AvgIpc) is 2.54. The van der Waals surface area contributed by atoms with Crippen molar-refractivity contribution in [1.29, 1.82) is 0 Å². The Kier molecular flexibility index (Phi) is 4.14. The zero-order chi connectivity index (χ0) is 15.7. The fraction of sp³-hybridized carbons (Fsp3) is 0.400. The van der Waals surface area contributed by atoms with Gasteiger partial charge in [0.2, 0.25) is 10.0 Å². The minimum Gasteiger partial charge on any atom is -0.374 e. The number of fused-ring (bicyclic) bond motifs is 1. The number of nitrogens with zero attached hydrogens (tertiary/aromatic N) is 2. The Morgan fingerprint density at radius 1 is 1.45 bits per heavy atom. The lowest BCUT2D eigenvalue weighted by molar-refractivity contribution is 0.00452. The van der Waals surface area contributed by atoms with E-state index in [4.69, 9.17) is 10.5 Å². The second-order valence-electron chi connectivity index (χ2n) is 5.43. The topological polar surface area (TPSA) is 85.5 Å². The minimum absolute atomic E-state index is 0.239. The molecule has 0 radical (unpaired) electrons. The first-order chi connectivity index (χ1) is 10.5. The Hall–Kier alpha value is -1.54. The number of morpholine rings is 1. The van der Waals surface area contributed by atoms with Gasteiger partial charge < -0.3 is 10.5 Å². The molecule has 2 N–H and O–H groups in total. The molecule has 6 nitrogen and oxygen atoms in total. The predicted octanol–water partition coefficient (Wildman–Crippen LogP) is 0.891. The molecule has 1 fully saturated rings. The molecule has 1 unspecified atom stereocenters. The van der Waals surface area contributed by atoms with Crippen LogP contribution in [0.2, 0.25) is 0 Å². The van der Waals surface area contributed by atoms with Gasteiger partial charge in [-0.1, -0.05) is 12.1 Å². The fourth-order valence-electron chi connectivity index (χ4n) is 2.64. The van der Waals surface area contributed by atoms with E-state index >= 15 is 0 Å². The van der Waals surface area contributed by atoms with Crippen molar-refractivity contribution in [2.24, 2.45) is 5.73 Å². The Labute approximate surface area is 129 Å². The number of aromatic nitrogens is 1. The number of rotatable bonds is 3. The van der Waals surface area contributed by atoms with Crippen LogP contribution < -0.4 is 5.73 Å². The van der Waals surface area contributed by atoms with Crippen molar-refractivity contribution in [2.45, 2.75) is 17.9 Å². The summed E-state index contributed by atoms with van der Waals surface area (Å²) in [6.07, 6.45) is 1.43. The lowest BCUT2D eigenvalue weighted by Crippen LogP contribution is -2.48. The lowest BCUT2D eigenvalue weighted by atomic mass is 10.2. The van der Waals surface area contributed by atoms with E-state index in [2.05, 4.69) is 4.98 Å². The Balaban J connectivity index is 2.05. The van der Waals surface area contributed by atoms with Crippen LogP contribution in [-0.4, -0.2) is 50.1 Å². The van der Waals surface area contributed by atoms with Crippen LogP contribution in [0.1, 0.15) is 5.56 Å². The highest BCUT2D eigenvalue weighted by atomic mass is 32.2. The lowest BCUT2D eigenvalue weighted by Gasteiger charge is -2.31. The number of benzene rings is 1. The first-order valence-corrected chi connectivity index (χ1v) is 8.63. The minimum atomic E-state index is -3.61. The van der Waals surface area contributed by atoms with E-state index in [1.165, 1.54) is 4.31 Å². The summed E-state index contributed by atoms with van der Waals surface area (Å²) in [5.74, 6) is 0. The van der Waals surface area contributed by atoms with Gasteiger partial charge in [0.25, 0.3) is 0 Å². The number of sulfonamides is 1. The van der Waals surface area contributed by atoms with Crippen LogP contribution >= 0.6 is 0 Å². The van der Waals surface area contributed by atoms with Crippen LogP contribution in [0.4, 0.5) is 0 Å². The van der Waals surface area contributed by atoms with Crippen molar-refractivity contribution in [3.63, 3.8) is 0 Å². The van der Waals surface area contributed by atoms with E-state index in [0.29, 0.717) is 25.2 Å². The van der Waals surface area contributed by atoms with Gasteiger partial charge in [-0.15, -0.1) is 0 Å². The second kappa shape index (κ2) is 5.92. The molecule has 118 valence electrons. The van der Waals surface area contributed by atoms with Crippen LogP contribution in [0, 0.1) is 6.92 Å². The Morgan fingerprint density at radius 2 is 2.27 bits per heavy atom. The molecule has 7 heteroatoms. The number of hydrogen-bond donors (Lipinski definition) is 1. The summed E-state index contributed by atoms with van der Waals surface area (Å²) in [5, 5.41) is 0.824. The van der Waals surface area contributed by atoms with Crippen LogP contribution in [0.3, 0.4) is 0 Å². The maximum absolute atomic E-state index is 12.9. The first kappa shape index (κ1) is 15.4. The van der Waals surface area contributed by atoms with E-state index in [9.17, 15) is 8.42 Å². The molecule has 3 rings (SSSR count). The van der Waals surface area contributed by atoms with E-state index in [-0.39, 0.29) is 17.5 Å². The van der Waals surface area contributed by atoms with Crippen LogP contribution in [0.5, 0.6) is 0 Å². The maximum Gasteiger partial charge on any atom is 0.245 e. The molecule has 1 atom stereocenters. The fourth-order valence-corrected chi connectivity index (χ4v) is 4.26. The number of nitrogens with two attached hydrogens (primary N) is 1. The Morgan fingerprint density at radius 3 is 3.05 bits per heavy atom. The molecule has 0 amide bonds. The standard InChI is InChI=1S/C15H19N3O3S/c1-11-7-12-3-2-4-14(15(12)17-9-11)22(19,20)18-5-6-21-13(8-16)10-18/h2-4,7,9,13H,5-6,8,10,16H2,1H3. The van der Waals surface area contributed by atoms with E-state index in [1.807, 2.05) is 19.1 Å². The molecule has 22 heavy (non-hydrogen) atoms. The molecule has 1 aliphatic rings. The third kappa shape index (κ3) is 2.72. The highest BCUT2D eigenvalue weighted by molar-refractivity contribution is 7.89. The van der Waals surface area contributed by atoms with Crippen molar-refractivity contribution in [1.82, 2.24) is 9.29 Å². The van der Waals surface area contributed by atoms with Gasteiger partial charge in [0.1, 0.15) is 4.90 Å². The zero-order valence-electron chi connectivity index (χ0n) is 12.4. The van der Waals surface area contributed by atoms with Crippen LogP contribution in [0.15, 0.2) is 35.4 Å². The number of para-hydroxylation sites is 1. The molecule has 1 aromatic heterocycles. The quantitative estimate of drug-likeness (QED) is 0.907. The summed E-state index contributed by atoms with van der Waals surface area (Å²) in [5.41, 5.74) is 7.10. The summed E-state index contributed by atoms with van der Waals surface area (Å²) < 4.78 is 32.8. The van der Waals surface area contributed by atoms with Gasteiger partial charge in [0.15, 0.2) is 0 Å². The molecular formula is C15H19N3O3S. The van der Waals surface area contributed by atoms with Crippen molar-refractivity contribution in [2.75, 3.05) is 26.2 Å². The Bertz CT molecular complexity index is 792. The summed E-state index contributed by atoms with van der Waals surface area (Å²) in [4.78, 5) is 4.56. The third-order valence-corrected chi connectivity index (χ3v) is 5.69. The number of aryl methyl sites for hydroxylation is 1.